The first kappa shape index (κ1) is 13.7. The van der Waals surface area contributed by atoms with Crippen LogP contribution in [0, 0.1) is 0 Å². The summed E-state index contributed by atoms with van der Waals surface area (Å²) in [5.41, 5.74) is 7.25. The summed E-state index contributed by atoms with van der Waals surface area (Å²) < 4.78 is 29.3. The van der Waals surface area contributed by atoms with E-state index in [-0.39, 0.29) is 11.5 Å². The lowest BCUT2D eigenvalue weighted by atomic mass is 10.3. The number of anilines is 1. The van der Waals surface area contributed by atoms with Gasteiger partial charge in [0.15, 0.2) is 5.58 Å². The highest BCUT2D eigenvalue weighted by molar-refractivity contribution is 7.91. The van der Waals surface area contributed by atoms with E-state index in [1.165, 1.54) is 4.57 Å². The van der Waals surface area contributed by atoms with Gasteiger partial charge in [0.25, 0.3) is 0 Å². The molecule has 1 aromatic carbocycles. The maximum atomic E-state index is 11.7. The van der Waals surface area contributed by atoms with Gasteiger partial charge in [0.1, 0.15) is 9.84 Å². The van der Waals surface area contributed by atoms with Crippen molar-refractivity contribution in [1.29, 1.82) is 0 Å². The summed E-state index contributed by atoms with van der Waals surface area (Å²) in [7, 11) is -3.02. The number of hydrogen-bond donors (Lipinski definition) is 1. The van der Waals surface area contributed by atoms with Crippen LogP contribution in [0.3, 0.4) is 0 Å². The molecule has 0 spiro atoms. The normalized spacial score (nSPS) is 12.1. The minimum atomic E-state index is -3.02. The van der Waals surface area contributed by atoms with E-state index >= 15 is 0 Å². The summed E-state index contributed by atoms with van der Waals surface area (Å²) >= 11 is 0. The van der Waals surface area contributed by atoms with Crippen molar-refractivity contribution in [2.75, 3.05) is 17.2 Å². The molecule has 0 saturated heterocycles. The van der Waals surface area contributed by atoms with E-state index in [2.05, 4.69) is 0 Å². The third-order valence-corrected chi connectivity index (χ3v) is 4.76. The number of benzene rings is 1. The lowest BCUT2D eigenvalue weighted by Crippen LogP contribution is -2.17. The fourth-order valence-electron chi connectivity index (χ4n) is 1.88. The van der Waals surface area contributed by atoms with E-state index in [1.807, 2.05) is 0 Å². The van der Waals surface area contributed by atoms with E-state index in [9.17, 15) is 13.2 Å². The minimum absolute atomic E-state index is 0.0604. The summed E-state index contributed by atoms with van der Waals surface area (Å²) in [6.07, 6.45) is 0.375. The Balaban J connectivity index is 2.23. The third-order valence-electron chi connectivity index (χ3n) is 2.97. The number of nitrogens with zero attached hydrogens (tertiary/aromatic N) is 1. The van der Waals surface area contributed by atoms with Crippen molar-refractivity contribution < 1.29 is 12.8 Å². The fraction of sp³-hybridized carbons (Fsp3) is 0.417. The highest BCUT2D eigenvalue weighted by Gasteiger charge is 2.11. The van der Waals surface area contributed by atoms with Crippen LogP contribution in [-0.2, 0) is 16.4 Å². The molecular weight excluding hydrogens is 268 g/mol. The first-order valence-electron chi connectivity index (χ1n) is 6.02. The number of nitrogens with two attached hydrogens (primary N) is 1. The van der Waals surface area contributed by atoms with Crippen LogP contribution in [-0.4, -0.2) is 24.5 Å². The highest BCUT2D eigenvalue weighted by Crippen LogP contribution is 2.16. The van der Waals surface area contributed by atoms with Gasteiger partial charge in [0.05, 0.1) is 11.3 Å². The van der Waals surface area contributed by atoms with Gasteiger partial charge in [-0.1, -0.05) is 6.92 Å². The average molecular weight is 284 g/mol. The van der Waals surface area contributed by atoms with E-state index in [0.29, 0.717) is 29.8 Å². The van der Waals surface area contributed by atoms with Crippen LogP contribution >= 0.6 is 0 Å². The van der Waals surface area contributed by atoms with Gasteiger partial charge in [0.2, 0.25) is 0 Å². The number of hydrogen-bond acceptors (Lipinski definition) is 5. The Labute approximate surface area is 110 Å². The van der Waals surface area contributed by atoms with E-state index in [0.717, 1.165) is 0 Å². The molecule has 2 N–H and O–H groups in total. The Hall–Kier alpha value is -1.76. The molecular formula is C12H16N2O4S. The number of nitrogen functional groups attached to an aromatic ring is 1. The number of rotatable bonds is 5. The van der Waals surface area contributed by atoms with Crippen LogP contribution < -0.4 is 11.5 Å². The molecule has 104 valence electrons. The van der Waals surface area contributed by atoms with E-state index in [4.69, 9.17) is 10.2 Å². The zero-order valence-corrected chi connectivity index (χ0v) is 11.4. The van der Waals surface area contributed by atoms with Gasteiger partial charge in [-0.25, -0.2) is 13.2 Å². The predicted molar refractivity (Wildman–Crippen MR) is 73.8 cm³/mol. The fourth-order valence-corrected chi connectivity index (χ4v) is 2.74. The second-order valence-electron chi connectivity index (χ2n) is 4.34. The van der Waals surface area contributed by atoms with Gasteiger partial charge >= 0.3 is 5.76 Å². The zero-order chi connectivity index (χ0) is 14.0. The van der Waals surface area contributed by atoms with Crippen molar-refractivity contribution in [2.24, 2.45) is 0 Å². The van der Waals surface area contributed by atoms with Crippen LogP contribution in [0.25, 0.3) is 11.1 Å². The lowest BCUT2D eigenvalue weighted by molar-refractivity contribution is 0.501. The Bertz CT molecular complexity index is 743. The molecule has 6 nitrogen and oxygen atoms in total. The topological polar surface area (TPSA) is 95.3 Å². The van der Waals surface area contributed by atoms with Gasteiger partial charge in [-0.3, -0.25) is 4.57 Å². The molecule has 0 unspecified atom stereocenters. The standard InChI is InChI=1S/C12H16N2O4S/c1-2-19(16,17)7-3-6-14-10-8-9(13)4-5-11(10)18-12(14)15/h4-5,8H,2-3,6-7,13H2,1H3. The molecule has 1 aromatic heterocycles. The summed E-state index contributed by atoms with van der Waals surface area (Å²) in [5.74, 6) is -0.319. The molecule has 7 heteroatoms. The van der Waals surface area contributed by atoms with Gasteiger partial charge in [-0.15, -0.1) is 0 Å². The first-order chi connectivity index (χ1) is 8.93. The summed E-state index contributed by atoms with van der Waals surface area (Å²) in [5, 5.41) is 0. The highest BCUT2D eigenvalue weighted by atomic mass is 32.2. The number of fused-ring (bicyclic) bond motifs is 1. The Morgan fingerprint density at radius 2 is 2.11 bits per heavy atom. The van der Waals surface area contributed by atoms with Gasteiger partial charge in [0, 0.05) is 18.0 Å². The molecule has 2 aromatic rings. The van der Waals surface area contributed by atoms with Crippen molar-refractivity contribution in [1.82, 2.24) is 4.57 Å². The van der Waals surface area contributed by atoms with Crippen LogP contribution in [0.2, 0.25) is 0 Å². The monoisotopic (exact) mass is 284 g/mol. The molecule has 0 saturated carbocycles. The van der Waals surface area contributed by atoms with Crippen molar-refractivity contribution in [3.05, 3.63) is 28.7 Å². The number of aryl methyl sites for hydroxylation is 1. The van der Waals surface area contributed by atoms with Crippen LogP contribution in [0.4, 0.5) is 5.69 Å². The minimum Gasteiger partial charge on any atom is -0.408 e. The second-order valence-corrected chi connectivity index (χ2v) is 6.81. The van der Waals surface area contributed by atoms with Crippen molar-refractivity contribution in [3.8, 4) is 0 Å². The van der Waals surface area contributed by atoms with Gasteiger partial charge in [-0.05, 0) is 24.6 Å². The third kappa shape index (κ3) is 2.98. The molecule has 0 amide bonds. The molecule has 2 rings (SSSR count). The maximum Gasteiger partial charge on any atom is 0.419 e. The molecule has 0 radical (unpaired) electrons. The molecule has 0 aliphatic heterocycles. The number of oxazole rings is 1. The van der Waals surface area contributed by atoms with E-state index < -0.39 is 15.6 Å². The largest absolute Gasteiger partial charge is 0.419 e. The zero-order valence-electron chi connectivity index (χ0n) is 10.6. The second kappa shape index (κ2) is 5.08. The van der Waals surface area contributed by atoms with Crippen molar-refractivity contribution in [2.45, 2.75) is 19.9 Å². The molecule has 0 atom stereocenters. The number of sulfone groups is 1. The Morgan fingerprint density at radius 3 is 2.79 bits per heavy atom. The smallest absolute Gasteiger partial charge is 0.408 e. The van der Waals surface area contributed by atoms with Gasteiger partial charge < -0.3 is 10.2 Å². The van der Waals surface area contributed by atoms with Crippen LogP contribution in [0.1, 0.15) is 13.3 Å². The molecule has 0 aliphatic rings. The van der Waals surface area contributed by atoms with Crippen molar-refractivity contribution >= 4 is 26.6 Å². The van der Waals surface area contributed by atoms with Crippen molar-refractivity contribution in [3.63, 3.8) is 0 Å². The molecule has 0 aliphatic carbocycles. The van der Waals surface area contributed by atoms with Crippen LogP contribution in [0.5, 0.6) is 0 Å². The maximum absolute atomic E-state index is 11.7. The molecule has 19 heavy (non-hydrogen) atoms. The summed E-state index contributed by atoms with van der Waals surface area (Å²) in [6, 6.07) is 4.93. The molecule has 0 fully saturated rings. The SMILES string of the molecule is CCS(=O)(=O)CCCn1c(=O)oc2ccc(N)cc21. The number of aromatic nitrogens is 1. The van der Waals surface area contributed by atoms with Crippen LogP contribution in [0.15, 0.2) is 27.4 Å². The predicted octanol–water partition coefficient (Wildman–Crippen LogP) is 1.00. The Morgan fingerprint density at radius 1 is 1.37 bits per heavy atom. The Kier molecular flexibility index (Phi) is 3.66. The molecule has 1 heterocycles. The van der Waals surface area contributed by atoms with Gasteiger partial charge in [-0.2, -0.15) is 0 Å². The summed E-state index contributed by atoms with van der Waals surface area (Å²) in [6.45, 7) is 1.91. The average Bonchev–Trinajstić information content (AvgIpc) is 2.66. The molecule has 0 bridgehead atoms. The first-order valence-corrected chi connectivity index (χ1v) is 7.84. The van der Waals surface area contributed by atoms with E-state index in [1.54, 1.807) is 25.1 Å². The quantitative estimate of drug-likeness (QED) is 0.826. The lowest BCUT2D eigenvalue weighted by Gasteiger charge is -2.03. The summed E-state index contributed by atoms with van der Waals surface area (Å²) in [4.78, 5) is 11.7.